The number of hydrogen-bond donors (Lipinski definition) is 2. The van der Waals surface area contributed by atoms with Crippen molar-refractivity contribution in [3.05, 3.63) is 18.3 Å². The minimum atomic E-state index is -3.64. The van der Waals surface area contributed by atoms with E-state index in [1.54, 1.807) is 19.2 Å². The van der Waals surface area contributed by atoms with Gasteiger partial charge in [-0.3, -0.25) is 0 Å². The van der Waals surface area contributed by atoms with Crippen molar-refractivity contribution in [1.82, 2.24) is 9.71 Å². The summed E-state index contributed by atoms with van der Waals surface area (Å²) in [4.78, 5) is 3.92. The van der Waals surface area contributed by atoms with Crippen LogP contribution < -0.4 is 10.0 Å². The summed E-state index contributed by atoms with van der Waals surface area (Å²) < 4.78 is 36.7. The SMILES string of the molecule is CCNc1cccnc1S(=O)(=O)NCCOCCOC. The first kappa shape index (κ1) is 16.8. The number of methoxy groups -OCH3 is 1. The van der Waals surface area contributed by atoms with E-state index in [0.29, 0.717) is 25.4 Å². The third kappa shape index (κ3) is 5.41. The first-order valence-electron chi connectivity index (χ1n) is 6.37. The molecule has 1 aromatic rings. The molecule has 0 saturated heterocycles. The average molecular weight is 303 g/mol. The van der Waals surface area contributed by atoms with Crippen LogP contribution in [0.4, 0.5) is 5.69 Å². The minimum Gasteiger partial charge on any atom is -0.383 e. The summed E-state index contributed by atoms with van der Waals surface area (Å²) in [5.74, 6) is 0. The van der Waals surface area contributed by atoms with Crippen LogP contribution in [0.25, 0.3) is 0 Å². The molecular formula is C12H21N3O4S. The molecule has 0 unspecified atom stereocenters. The predicted molar refractivity (Wildman–Crippen MR) is 76.3 cm³/mol. The van der Waals surface area contributed by atoms with Gasteiger partial charge in [0.05, 0.1) is 25.5 Å². The summed E-state index contributed by atoms with van der Waals surface area (Å²) in [5, 5.41) is 2.97. The lowest BCUT2D eigenvalue weighted by atomic mass is 10.4. The Morgan fingerprint density at radius 3 is 2.80 bits per heavy atom. The Balaban J connectivity index is 2.56. The number of anilines is 1. The second kappa shape index (κ2) is 8.85. The van der Waals surface area contributed by atoms with E-state index >= 15 is 0 Å². The molecule has 0 spiro atoms. The van der Waals surface area contributed by atoms with Crippen LogP contribution in [-0.2, 0) is 19.5 Å². The maximum Gasteiger partial charge on any atom is 0.260 e. The van der Waals surface area contributed by atoms with Gasteiger partial charge in [-0.05, 0) is 19.1 Å². The zero-order valence-electron chi connectivity index (χ0n) is 11.8. The Labute approximate surface area is 119 Å². The molecule has 1 aromatic heterocycles. The van der Waals surface area contributed by atoms with Crippen LogP contribution in [0.1, 0.15) is 6.92 Å². The van der Waals surface area contributed by atoms with Crippen molar-refractivity contribution < 1.29 is 17.9 Å². The van der Waals surface area contributed by atoms with Gasteiger partial charge in [-0.1, -0.05) is 0 Å². The molecule has 0 radical (unpaired) electrons. The van der Waals surface area contributed by atoms with Crippen LogP contribution in [0.15, 0.2) is 23.4 Å². The molecule has 7 nitrogen and oxygen atoms in total. The minimum absolute atomic E-state index is 0.00117. The first-order valence-corrected chi connectivity index (χ1v) is 7.85. The molecule has 0 aromatic carbocycles. The van der Waals surface area contributed by atoms with Crippen molar-refractivity contribution in [2.45, 2.75) is 11.9 Å². The molecule has 0 amide bonds. The Bertz CT molecular complexity index is 493. The fourth-order valence-corrected chi connectivity index (χ4v) is 2.61. The molecular weight excluding hydrogens is 282 g/mol. The monoisotopic (exact) mass is 303 g/mol. The van der Waals surface area contributed by atoms with Crippen LogP contribution in [0, 0.1) is 0 Å². The summed E-state index contributed by atoms with van der Waals surface area (Å²) in [7, 11) is -2.06. The highest BCUT2D eigenvalue weighted by Crippen LogP contribution is 2.17. The van der Waals surface area contributed by atoms with Crippen molar-refractivity contribution in [3.63, 3.8) is 0 Å². The molecule has 0 aliphatic carbocycles. The maximum atomic E-state index is 12.1. The van der Waals surface area contributed by atoms with Gasteiger partial charge in [-0.25, -0.2) is 18.1 Å². The quantitative estimate of drug-likeness (QED) is 0.610. The summed E-state index contributed by atoms with van der Waals surface area (Å²) in [6.45, 7) is 3.90. The molecule has 2 N–H and O–H groups in total. The third-order valence-electron chi connectivity index (χ3n) is 2.36. The first-order chi connectivity index (χ1) is 9.61. The van der Waals surface area contributed by atoms with E-state index in [-0.39, 0.29) is 18.2 Å². The van der Waals surface area contributed by atoms with Gasteiger partial charge in [0.1, 0.15) is 0 Å². The van der Waals surface area contributed by atoms with Gasteiger partial charge in [0, 0.05) is 26.4 Å². The lowest BCUT2D eigenvalue weighted by molar-refractivity contribution is 0.0736. The van der Waals surface area contributed by atoms with E-state index in [1.165, 1.54) is 6.20 Å². The van der Waals surface area contributed by atoms with E-state index in [0.717, 1.165) is 0 Å². The van der Waals surface area contributed by atoms with Crippen LogP contribution in [0.5, 0.6) is 0 Å². The van der Waals surface area contributed by atoms with E-state index in [2.05, 4.69) is 15.0 Å². The average Bonchev–Trinajstić information content (AvgIpc) is 2.43. The number of ether oxygens (including phenoxy) is 2. The lowest BCUT2D eigenvalue weighted by Gasteiger charge is -2.11. The van der Waals surface area contributed by atoms with Crippen LogP contribution in [-0.4, -0.2) is 53.4 Å². The maximum absolute atomic E-state index is 12.1. The lowest BCUT2D eigenvalue weighted by Crippen LogP contribution is -2.29. The summed E-state index contributed by atoms with van der Waals surface area (Å²) in [5.41, 5.74) is 0.489. The number of pyridine rings is 1. The molecule has 0 aliphatic rings. The summed E-state index contributed by atoms with van der Waals surface area (Å²) >= 11 is 0. The Morgan fingerprint density at radius 2 is 2.10 bits per heavy atom. The molecule has 1 rings (SSSR count). The van der Waals surface area contributed by atoms with Crippen LogP contribution in [0.3, 0.4) is 0 Å². The fourth-order valence-electron chi connectivity index (χ4n) is 1.49. The molecule has 0 saturated carbocycles. The summed E-state index contributed by atoms with van der Waals surface area (Å²) in [6, 6.07) is 3.37. The van der Waals surface area contributed by atoms with E-state index in [1.807, 2.05) is 6.92 Å². The van der Waals surface area contributed by atoms with E-state index in [4.69, 9.17) is 9.47 Å². The smallest absolute Gasteiger partial charge is 0.260 e. The predicted octanol–water partition coefficient (Wildman–Crippen LogP) is 0.455. The highest BCUT2D eigenvalue weighted by Gasteiger charge is 2.19. The molecule has 114 valence electrons. The van der Waals surface area contributed by atoms with Gasteiger partial charge in [-0.15, -0.1) is 0 Å². The molecule has 0 atom stereocenters. The highest BCUT2D eigenvalue weighted by atomic mass is 32.2. The summed E-state index contributed by atoms with van der Waals surface area (Å²) in [6.07, 6.45) is 1.45. The number of sulfonamides is 1. The highest BCUT2D eigenvalue weighted by molar-refractivity contribution is 7.89. The Morgan fingerprint density at radius 1 is 1.30 bits per heavy atom. The van der Waals surface area contributed by atoms with E-state index < -0.39 is 10.0 Å². The number of hydrogen-bond acceptors (Lipinski definition) is 6. The largest absolute Gasteiger partial charge is 0.383 e. The van der Waals surface area contributed by atoms with Crippen molar-refractivity contribution in [3.8, 4) is 0 Å². The number of rotatable bonds is 10. The van der Waals surface area contributed by atoms with Gasteiger partial charge >= 0.3 is 0 Å². The van der Waals surface area contributed by atoms with Crippen molar-refractivity contribution in [2.75, 3.05) is 45.3 Å². The Kier molecular flexibility index (Phi) is 7.45. The van der Waals surface area contributed by atoms with Gasteiger partial charge in [0.15, 0.2) is 5.03 Å². The number of nitrogens with zero attached hydrogens (tertiary/aromatic N) is 1. The topological polar surface area (TPSA) is 89.6 Å². The molecule has 0 fully saturated rings. The normalized spacial score (nSPS) is 11.5. The molecule has 1 heterocycles. The van der Waals surface area contributed by atoms with Crippen molar-refractivity contribution in [1.29, 1.82) is 0 Å². The second-order valence-corrected chi connectivity index (χ2v) is 5.57. The molecule has 0 aliphatic heterocycles. The third-order valence-corrected chi connectivity index (χ3v) is 3.78. The number of aromatic nitrogens is 1. The number of nitrogens with one attached hydrogen (secondary N) is 2. The zero-order valence-corrected chi connectivity index (χ0v) is 12.6. The molecule has 20 heavy (non-hydrogen) atoms. The Hall–Kier alpha value is -1.22. The molecule has 8 heteroatoms. The van der Waals surface area contributed by atoms with Crippen molar-refractivity contribution >= 4 is 15.7 Å². The second-order valence-electron chi connectivity index (χ2n) is 3.89. The van der Waals surface area contributed by atoms with Gasteiger partial charge in [0.2, 0.25) is 0 Å². The van der Waals surface area contributed by atoms with Crippen molar-refractivity contribution in [2.24, 2.45) is 0 Å². The fraction of sp³-hybridized carbons (Fsp3) is 0.583. The van der Waals surface area contributed by atoms with Crippen LogP contribution in [0.2, 0.25) is 0 Å². The van der Waals surface area contributed by atoms with Gasteiger partial charge in [-0.2, -0.15) is 0 Å². The van der Waals surface area contributed by atoms with Crippen LogP contribution >= 0.6 is 0 Å². The van der Waals surface area contributed by atoms with E-state index in [9.17, 15) is 8.42 Å². The molecule has 0 bridgehead atoms. The van der Waals surface area contributed by atoms with Gasteiger partial charge < -0.3 is 14.8 Å². The zero-order chi connectivity index (χ0) is 14.8. The van der Waals surface area contributed by atoms with Gasteiger partial charge in [0.25, 0.3) is 10.0 Å². The standard InChI is InChI=1S/C12H21N3O4S/c1-3-13-11-5-4-6-14-12(11)20(16,17)15-7-8-19-10-9-18-2/h4-6,13,15H,3,7-10H2,1-2H3.